The number of methoxy groups -OCH3 is 1. The minimum Gasteiger partial charge on any atom is -0.472 e. The van der Waals surface area contributed by atoms with Crippen LogP contribution >= 0.6 is 0 Å². The molecule has 2 aromatic carbocycles. The van der Waals surface area contributed by atoms with Gasteiger partial charge in [-0.3, -0.25) is 4.79 Å². The van der Waals surface area contributed by atoms with Gasteiger partial charge in [0.2, 0.25) is 11.8 Å². The molecule has 1 saturated heterocycles. The Kier molecular flexibility index (Phi) is 6.79. The second kappa shape index (κ2) is 9.64. The van der Waals surface area contributed by atoms with Gasteiger partial charge in [0.05, 0.1) is 24.6 Å². The van der Waals surface area contributed by atoms with Gasteiger partial charge in [0.1, 0.15) is 12.1 Å². The maximum absolute atomic E-state index is 13.4. The molecule has 0 radical (unpaired) electrons. The molecule has 7 nitrogen and oxygen atoms in total. The molecule has 1 aromatic heterocycles. The first kappa shape index (κ1) is 24.6. The quantitative estimate of drug-likeness (QED) is 0.493. The molecule has 1 amide bonds. The van der Waals surface area contributed by atoms with E-state index in [1.165, 1.54) is 7.11 Å². The highest BCUT2D eigenvalue weighted by Crippen LogP contribution is 2.33. The van der Waals surface area contributed by atoms with Crippen molar-refractivity contribution in [3.8, 4) is 17.3 Å². The van der Waals surface area contributed by atoms with Crippen molar-refractivity contribution in [2.45, 2.75) is 53.2 Å². The van der Waals surface area contributed by atoms with Gasteiger partial charge in [-0.05, 0) is 24.5 Å². The first-order valence-electron chi connectivity index (χ1n) is 12.0. The summed E-state index contributed by atoms with van der Waals surface area (Å²) in [6.07, 6.45) is -0.0646. The zero-order chi connectivity index (χ0) is 25.3. The van der Waals surface area contributed by atoms with Crippen molar-refractivity contribution < 1.29 is 19.1 Å². The van der Waals surface area contributed by atoms with Crippen LogP contribution in [0.5, 0.6) is 5.88 Å². The molecule has 0 spiro atoms. The highest BCUT2D eigenvalue weighted by Gasteiger charge is 2.44. The molecule has 3 atom stereocenters. The highest BCUT2D eigenvalue weighted by atomic mass is 16.5. The van der Waals surface area contributed by atoms with Gasteiger partial charge in [0.25, 0.3) is 0 Å². The molecule has 0 bridgehead atoms. The van der Waals surface area contributed by atoms with Crippen molar-refractivity contribution in [2.75, 3.05) is 13.7 Å². The normalized spacial score (nSPS) is 19.0. The topological polar surface area (TPSA) is 81.6 Å². The molecule has 1 aliphatic heterocycles. The van der Waals surface area contributed by atoms with E-state index in [9.17, 15) is 9.59 Å². The molecule has 1 aliphatic rings. The third kappa shape index (κ3) is 5.14. The number of hydrogen-bond donors (Lipinski definition) is 0. The monoisotopic (exact) mass is 475 g/mol. The van der Waals surface area contributed by atoms with Crippen LogP contribution in [0, 0.1) is 18.3 Å². The van der Waals surface area contributed by atoms with E-state index in [-0.39, 0.29) is 23.8 Å². The average molecular weight is 476 g/mol. The molecule has 184 valence electrons. The molecule has 2 heterocycles. The molecule has 7 heteroatoms. The standard InChI is InChI=1S/C28H33N3O4/c1-17-12-13-22-21(14-17)25(30-24(29-22)19-10-8-7-9-11-19)35-20-15-23(27(33)34-6)31(16-20)26(32)18(2)28(3,4)5/h7-14,18,20,23H,15-16H2,1-6H3/t18-,20-,23?/m1/s1. The van der Waals surface area contributed by atoms with Crippen molar-refractivity contribution in [3.63, 3.8) is 0 Å². The van der Waals surface area contributed by atoms with Gasteiger partial charge >= 0.3 is 5.97 Å². The molecule has 3 aromatic rings. The zero-order valence-electron chi connectivity index (χ0n) is 21.2. The zero-order valence-corrected chi connectivity index (χ0v) is 21.2. The second-order valence-corrected chi connectivity index (χ2v) is 10.3. The van der Waals surface area contributed by atoms with Crippen molar-refractivity contribution >= 4 is 22.8 Å². The van der Waals surface area contributed by atoms with E-state index in [1.54, 1.807) is 4.90 Å². The summed E-state index contributed by atoms with van der Waals surface area (Å²) in [5, 5.41) is 0.798. The maximum atomic E-state index is 13.4. The lowest BCUT2D eigenvalue weighted by molar-refractivity contribution is -0.153. The number of amides is 1. The number of carbonyl (C=O) groups excluding carboxylic acids is 2. The van der Waals surface area contributed by atoms with Crippen molar-refractivity contribution in [1.29, 1.82) is 0 Å². The van der Waals surface area contributed by atoms with Crippen LogP contribution in [0.1, 0.15) is 39.7 Å². The van der Waals surface area contributed by atoms with Gasteiger partial charge in [0.15, 0.2) is 5.82 Å². The van der Waals surface area contributed by atoms with Crippen molar-refractivity contribution in [3.05, 3.63) is 54.1 Å². The summed E-state index contributed by atoms with van der Waals surface area (Å²) in [7, 11) is 1.35. The first-order chi connectivity index (χ1) is 16.6. The van der Waals surface area contributed by atoms with Crippen LogP contribution in [-0.4, -0.2) is 52.5 Å². The molecule has 1 fully saturated rings. The van der Waals surface area contributed by atoms with E-state index in [0.717, 1.165) is 22.0 Å². The lowest BCUT2D eigenvalue weighted by atomic mass is 9.81. The van der Waals surface area contributed by atoms with Gasteiger partial charge < -0.3 is 14.4 Å². The summed E-state index contributed by atoms with van der Waals surface area (Å²) in [5.74, 6) is 0.241. The maximum Gasteiger partial charge on any atom is 0.328 e. The van der Waals surface area contributed by atoms with Crippen molar-refractivity contribution in [1.82, 2.24) is 14.9 Å². The summed E-state index contributed by atoms with van der Waals surface area (Å²) in [5.41, 5.74) is 2.49. The van der Waals surface area contributed by atoms with Gasteiger partial charge in [-0.1, -0.05) is 69.7 Å². The van der Waals surface area contributed by atoms with Crippen LogP contribution in [-0.2, 0) is 14.3 Å². The van der Waals surface area contributed by atoms with Gasteiger partial charge in [-0.25, -0.2) is 9.78 Å². The number of aromatic nitrogens is 2. The number of esters is 1. The molecule has 1 unspecified atom stereocenters. The summed E-state index contributed by atoms with van der Waals surface area (Å²) in [6, 6.07) is 15.0. The summed E-state index contributed by atoms with van der Waals surface area (Å²) in [6.45, 7) is 10.3. The number of nitrogens with zero attached hydrogens (tertiary/aromatic N) is 3. The molecule has 35 heavy (non-hydrogen) atoms. The smallest absolute Gasteiger partial charge is 0.328 e. The van der Waals surface area contributed by atoms with Crippen LogP contribution in [0.3, 0.4) is 0 Å². The highest BCUT2D eigenvalue weighted by molar-refractivity contribution is 5.87. The Balaban J connectivity index is 1.69. The molecule has 4 rings (SSSR count). The predicted molar refractivity (Wildman–Crippen MR) is 135 cm³/mol. The number of aryl methyl sites for hydroxylation is 1. The number of ether oxygens (including phenoxy) is 2. The van der Waals surface area contributed by atoms with E-state index in [4.69, 9.17) is 19.4 Å². The van der Waals surface area contributed by atoms with Gasteiger partial charge in [0, 0.05) is 17.9 Å². The van der Waals surface area contributed by atoms with E-state index in [0.29, 0.717) is 18.1 Å². The Hall–Kier alpha value is -3.48. The van der Waals surface area contributed by atoms with Crippen LogP contribution in [0.15, 0.2) is 48.5 Å². The average Bonchev–Trinajstić information content (AvgIpc) is 3.26. The lowest BCUT2D eigenvalue weighted by Gasteiger charge is -2.32. The van der Waals surface area contributed by atoms with E-state index >= 15 is 0 Å². The van der Waals surface area contributed by atoms with E-state index < -0.39 is 18.1 Å². The third-order valence-corrected chi connectivity index (χ3v) is 6.82. The fourth-order valence-corrected chi connectivity index (χ4v) is 4.28. The minimum absolute atomic E-state index is 0.0765. The van der Waals surface area contributed by atoms with Gasteiger partial charge in [-0.15, -0.1) is 0 Å². The summed E-state index contributed by atoms with van der Waals surface area (Å²) in [4.78, 5) is 37.1. The number of benzene rings is 2. The summed E-state index contributed by atoms with van der Waals surface area (Å²) >= 11 is 0. The Morgan fingerprint density at radius 2 is 1.80 bits per heavy atom. The Morgan fingerprint density at radius 3 is 2.46 bits per heavy atom. The van der Waals surface area contributed by atoms with Crippen LogP contribution < -0.4 is 4.74 Å². The Bertz CT molecular complexity index is 1240. The fraction of sp³-hybridized carbons (Fsp3) is 0.429. The molecule has 0 aliphatic carbocycles. The van der Waals surface area contributed by atoms with Gasteiger partial charge in [-0.2, -0.15) is 4.98 Å². The second-order valence-electron chi connectivity index (χ2n) is 10.3. The van der Waals surface area contributed by atoms with E-state index in [1.807, 2.05) is 83.1 Å². The fourth-order valence-electron chi connectivity index (χ4n) is 4.28. The predicted octanol–water partition coefficient (Wildman–Crippen LogP) is 4.81. The third-order valence-electron chi connectivity index (χ3n) is 6.82. The number of hydrogen-bond acceptors (Lipinski definition) is 6. The number of rotatable bonds is 5. The lowest BCUT2D eigenvalue weighted by Crippen LogP contribution is -2.46. The number of fused-ring (bicyclic) bond motifs is 1. The number of carbonyl (C=O) groups is 2. The molecule has 0 saturated carbocycles. The molecule has 0 N–H and O–H groups in total. The first-order valence-corrected chi connectivity index (χ1v) is 12.0. The Morgan fingerprint density at radius 1 is 1.09 bits per heavy atom. The van der Waals surface area contributed by atoms with E-state index in [2.05, 4.69) is 0 Å². The molecular weight excluding hydrogens is 442 g/mol. The van der Waals surface area contributed by atoms with Crippen LogP contribution in [0.25, 0.3) is 22.3 Å². The van der Waals surface area contributed by atoms with Crippen LogP contribution in [0.4, 0.5) is 0 Å². The number of likely N-dealkylation sites (tertiary alicyclic amines) is 1. The van der Waals surface area contributed by atoms with Crippen LogP contribution in [0.2, 0.25) is 0 Å². The molecular formula is C28H33N3O4. The summed E-state index contributed by atoms with van der Waals surface area (Å²) < 4.78 is 11.5. The van der Waals surface area contributed by atoms with Crippen molar-refractivity contribution in [2.24, 2.45) is 11.3 Å². The Labute approximate surface area is 206 Å². The SMILES string of the molecule is COC(=O)C1C[C@@H](Oc2nc(-c3ccccc3)nc3ccc(C)cc23)CN1C(=O)[C@@H](C)C(C)(C)C. The largest absolute Gasteiger partial charge is 0.472 e. The minimum atomic E-state index is -0.689.